The van der Waals surface area contributed by atoms with Gasteiger partial charge in [0.2, 0.25) is 12.7 Å². The van der Waals surface area contributed by atoms with Crippen molar-refractivity contribution in [2.75, 3.05) is 19.1 Å². The van der Waals surface area contributed by atoms with Gasteiger partial charge in [-0.1, -0.05) is 18.9 Å². The number of hydrogen-bond acceptors (Lipinski definition) is 5. The van der Waals surface area contributed by atoms with Crippen LogP contribution < -0.4 is 14.8 Å². The van der Waals surface area contributed by atoms with Gasteiger partial charge in [0.05, 0.1) is 12.3 Å². The number of thioether (sulfide) groups is 1. The van der Waals surface area contributed by atoms with Crippen LogP contribution in [0.15, 0.2) is 18.2 Å². The second-order valence-electron chi connectivity index (χ2n) is 6.34. The lowest BCUT2D eigenvalue weighted by Gasteiger charge is -2.24. The summed E-state index contributed by atoms with van der Waals surface area (Å²) in [4.78, 5) is 12.0. The third-order valence-corrected chi connectivity index (χ3v) is 5.75. The van der Waals surface area contributed by atoms with Crippen molar-refractivity contribution in [3.8, 4) is 11.5 Å². The molecule has 1 saturated carbocycles. The molecule has 3 rings (SSSR count). The number of rotatable bonds is 6. The molecule has 23 heavy (non-hydrogen) atoms. The van der Waals surface area contributed by atoms with Crippen LogP contribution in [0.3, 0.4) is 0 Å². The highest BCUT2D eigenvalue weighted by Gasteiger charge is 2.27. The van der Waals surface area contributed by atoms with E-state index in [-0.39, 0.29) is 19.2 Å². The van der Waals surface area contributed by atoms with E-state index in [2.05, 4.69) is 5.32 Å². The maximum absolute atomic E-state index is 12.0. The summed E-state index contributed by atoms with van der Waals surface area (Å²) >= 11 is 1.72. The zero-order valence-electron chi connectivity index (χ0n) is 13.3. The Hall–Kier alpha value is -1.40. The fourth-order valence-electron chi connectivity index (χ4n) is 2.90. The van der Waals surface area contributed by atoms with Gasteiger partial charge in [0.25, 0.3) is 0 Å². The summed E-state index contributed by atoms with van der Waals surface area (Å²) in [5.74, 6) is 1.75. The molecular weight excluding hydrogens is 314 g/mol. The minimum atomic E-state index is -1.14. The van der Waals surface area contributed by atoms with E-state index in [1.54, 1.807) is 36.9 Å². The Morgan fingerprint density at radius 1 is 1.35 bits per heavy atom. The van der Waals surface area contributed by atoms with Crippen molar-refractivity contribution in [2.24, 2.45) is 0 Å². The molecule has 0 spiro atoms. The van der Waals surface area contributed by atoms with Crippen LogP contribution in [0.4, 0.5) is 0 Å². The predicted molar refractivity (Wildman–Crippen MR) is 89.9 cm³/mol. The number of aliphatic hydroxyl groups is 1. The average molecular weight is 337 g/mol. The number of benzene rings is 1. The lowest BCUT2D eigenvalue weighted by molar-refractivity contribution is -0.119. The molecule has 0 radical (unpaired) electrons. The highest BCUT2D eigenvalue weighted by Crippen LogP contribution is 2.35. The third-order valence-electron chi connectivity index (χ3n) is 4.38. The van der Waals surface area contributed by atoms with Gasteiger partial charge in [0.1, 0.15) is 5.60 Å². The molecule has 1 aromatic rings. The molecule has 126 valence electrons. The summed E-state index contributed by atoms with van der Waals surface area (Å²) in [5.41, 5.74) is -0.445. The Labute approximate surface area is 140 Å². The van der Waals surface area contributed by atoms with Crippen LogP contribution in [0.2, 0.25) is 0 Å². The number of nitrogens with one attached hydrogen (secondary N) is 1. The zero-order chi connectivity index (χ0) is 16.3. The van der Waals surface area contributed by atoms with Crippen LogP contribution in [-0.4, -0.2) is 35.4 Å². The van der Waals surface area contributed by atoms with Gasteiger partial charge >= 0.3 is 0 Å². The van der Waals surface area contributed by atoms with Gasteiger partial charge in [-0.25, -0.2) is 0 Å². The minimum Gasteiger partial charge on any atom is -0.454 e. The summed E-state index contributed by atoms with van der Waals surface area (Å²) in [6.07, 6.45) is 4.98. The molecule has 2 N–H and O–H groups in total. The van der Waals surface area contributed by atoms with E-state index < -0.39 is 5.60 Å². The fourth-order valence-corrected chi connectivity index (χ4v) is 4.06. The lowest BCUT2D eigenvalue weighted by atomic mass is 9.95. The third kappa shape index (κ3) is 4.12. The van der Waals surface area contributed by atoms with Crippen molar-refractivity contribution < 1.29 is 19.4 Å². The molecule has 1 amide bonds. The Kier molecular flexibility index (Phi) is 5.02. The maximum Gasteiger partial charge on any atom is 0.231 e. The first-order valence-electron chi connectivity index (χ1n) is 8.05. The van der Waals surface area contributed by atoms with Crippen molar-refractivity contribution >= 4 is 17.7 Å². The quantitative estimate of drug-likeness (QED) is 0.834. The minimum absolute atomic E-state index is 0.0251. The van der Waals surface area contributed by atoms with Crippen LogP contribution in [-0.2, 0) is 10.4 Å². The highest BCUT2D eigenvalue weighted by atomic mass is 32.2. The molecule has 1 aliphatic heterocycles. The largest absolute Gasteiger partial charge is 0.454 e. The summed E-state index contributed by atoms with van der Waals surface area (Å²) in [6, 6.07) is 5.35. The van der Waals surface area contributed by atoms with Crippen LogP contribution in [0.5, 0.6) is 11.5 Å². The van der Waals surface area contributed by atoms with Crippen molar-refractivity contribution in [3.05, 3.63) is 23.8 Å². The maximum atomic E-state index is 12.0. The molecular formula is C17H23NO4S. The molecule has 1 atom stereocenters. The second kappa shape index (κ2) is 7.01. The van der Waals surface area contributed by atoms with E-state index in [0.717, 1.165) is 0 Å². The Balaban J connectivity index is 1.50. The molecule has 1 aliphatic carbocycles. The van der Waals surface area contributed by atoms with E-state index in [1.807, 2.05) is 0 Å². The van der Waals surface area contributed by atoms with Crippen LogP contribution in [0.1, 0.15) is 38.2 Å². The van der Waals surface area contributed by atoms with Crippen molar-refractivity contribution in [3.63, 3.8) is 0 Å². The first kappa shape index (κ1) is 16.5. The van der Waals surface area contributed by atoms with Gasteiger partial charge in [-0.3, -0.25) is 4.79 Å². The smallest absolute Gasteiger partial charge is 0.231 e. The fraction of sp³-hybridized carbons (Fsp3) is 0.588. The standard InChI is InChI=1S/C17H23NO4S/c1-17(20,12-6-7-14-15(8-12)22-11-21-14)10-18-16(19)9-23-13-4-2-3-5-13/h6-8,13,20H,2-5,9-11H2,1H3,(H,18,19)/t17-/m0/s1. The van der Waals surface area contributed by atoms with Gasteiger partial charge in [-0.2, -0.15) is 0 Å². The number of fused-ring (bicyclic) bond motifs is 1. The van der Waals surface area contributed by atoms with E-state index in [1.165, 1.54) is 25.7 Å². The number of hydrogen-bond donors (Lipinski definition) is 2. The molecule has 0 saturated heterocycles. The number of amides is 1. The van der Waals surface area contributed by atoms with Gasteiger partial charge in [0.15, 0.2) is 11.5 Å². The first-order chi connectivity index (χ1) is 11.0. The van der Waals surface area contributed by atoms with Gasteiger partial charge in [-0.05, 0) is 37.5 Å². The molecule has 2 aliphatic rings. The Morgan fingerprint density at radius 3 is 2.87 bits per heavy atom. The van der Waals surface area contributed by atoms with Crippen LogP contribution >= 0.6 is 11.8 Å². The topological polar surface area (TPSA) is 67.8 Å². The monoisotopic (exact) mass is 337 g/mol. The van der Waals surface area contributed by atoms with E-state index in [9.17, 15) is 9.90 Å². The SMILES string of the molecule is C[C@](O)(CNC(=O)CSC1CCCC1)c1ccc2c(c1)OCO2. The van der Waals surface area contributed by atoms with Crippen LogP contribution in [0, 0.1) is 0 Å². The van der Waals surface area contributed by atoms with Crippen molar-refractivity contribution in [1.29, 1.82) is 0 Å². The number of carbonyl (C=O) groups excluding carboxylic acids is 1. The molecule has 0 bridgehead atoms. The normalized spacial score (nSPS) is 19.6. The summed E-state index contributed by atoms with van der Waals surface area (Å²) < 4.78 is 10.6. The number of carbonyl (C=O) groups is 1. The molecule has 0 aromatic heterocycles. The van der Waals surface area contributed by atoms with Crippen LogP contribution in [0.25, 0.3) is 0 Å². The molecule has 0 unspecified atom stereocenters. The highest BCUT2D eigenvalue weighted by molar-refractivity contribution is 8.00. The average Bonchev–Trinajstić information content (AvgIpc) is 3.21. The zero-order valence-corrected chi connectivity index (χ0v) is 14.2. The van der Waals surface area contributed by atoms with Crippen molar-refractivity contribution in [2.45, 2.75) is 43.5 Å². The second-order valence-corrected chi connectivity index (χ2v) is 7.62. The van der Waals surface area contributed by atoms with Gasteiger partial charge in [0, 0.05) is 5.25 Å². The van der Waals surface area contributed by atoms with E-state index in [4.69, 9.17) is 9.47 Å². The lowest BCUT2D eigenvalue weighted by Crippen LogP contribution is -2.39. The summed E-state index contributed by atoms with van der Waals surface area (Å²) in [5, 5.41) is 14.1. The Bertz CT molecular complexity index is 570. The van der Waals surface area contributed by atoms with Gasteiger partial charge < -0.3 is 19.9 Å². The summed E-state index contributed by atoms with van der Waals surface area (Å²) in [7, 11) is 0. The molecule has 1 heterocycles. The first-order valence-corrected chi connectivity index (χ1v) is 9.10. The Morgan fingerprint density at radius 2 is 2.09 bits per heavy atom. The summed E-state index contributed by atoms with van der Waals surface area (Å²) in [6.45, 7) is 2.07. The molecule has 5 nitrogen and oxygen atoms in total. The predicted octanol–water partition coefficient (Wildman–Crippen LogP) is 2.41. The van der Waals surface area contributed by atoms with Crippen molar-refractivity contribution in [1.82, 2.24) is 5.32 Å². The molecule has 1 aromatic carbocycles. The molecule has 6 heteroatoms. The number of ether oxygens (including phenoxy) is 2. The van der Waals surface area contributed by atoms with E-state index >= 15 is 0 Å². The van der Waals surface area contributed by atoms with Gasteiger partial charge in [-0.15, -0.1) is 11.8 Å². The molecule has 1 fully saturated rings. The van der Waals surface area contributed by atoms with E-state index in [0.29, 0.717) is 28.1 Å².